The molecule has 6 nitrogen and oxygen atoms in total. The lowest BCUT2D eigenvalue weighted by Crippen LogP contribution is -2.14. The van der Waals surface area contributed by atoms with Crippen LogP contribution in [0.25, 0.3) is 0 Å². The summed E-state index contributed by atoms with van der Waals surface area (Å²) in [5.74, 6) is -0.890. The molecule has 10 heteroatoms. The first-order chi connectivity index (χ1) is 12.8. The van der Waals surface area contributed by atoms with Gasteiger partial charge in [0.15, 0.2) is 11.5 Å². The maximum atomic E-state index is 12.6. The van der Waals surface area contributed by atoms with Gasteiger partial charge in [0.25, 0.3) is 5.91 Å². The number of carbonyl (C=O) groups excluding carboxylic acids is 1. The van der Waals surface area contributed by atoms with Crippen molar-refractivity contribution in [3.63, 3.8) is 0 Å². The summed E-state index contributed by atoms with van der Waals surface area (Å²) >= 11 is 11.8. The monoisotopic (exact) mass is 418 g/mol. The zero-order valence-corrected chi connectivity index (χ0v) is 15.2. The fourth-order valence-corrected chi connectivity index (χ4v) is 2.64. The number of anilines is 1. The van der Waals surface area contributed by atoms with Gasteiger partial charge in [-0.15, -0.1) is 0 Å². The topological polar surface area (TPSA) is 80.7 Å². The average Bonchev–Trinajstić information content (AvgIpc) is 3.45. The Balaban J connectivity index is 1.83. The Morgan fingerprint density at radius 2 is 2.07 bits per heavy atom. The predicted molar refractivity (Wildman–Crippen MR) is 95.2 cm³/mol. The van der Waals surface area contributed by atoms with Gasteiger partial charge < -0.3 is 19.9 Å². The Morgan fingerprint density at radius 3 is 2.74 bits per heavy atom. The smallest absolute Gasteiger partial charge is 0.387 e. The largest absolute Gasteiger partial charge is 0.492 e. The van der Waals surface area contributed by atoms with Crippen molar-refractivity contribution in [2.45, 2.75) is 19.5 Å². The van der Waals surface area contributed by atoms with Crippen molar-refractivity contribution >= 4 is 34.8 Å². The Kier molecular flexibility index (Phi) is 5.86. The number of benzene rings is 1. The molecule has 1 saturated carbocycles. The van der Waals surface area contributed by atoms with Gasteiger partial charge in [-0.05, 0) is 37.0 Å². The van der Waals surface area contributed by atoms with Gasteiger partial charge in [-0.25, -0.2) is 4.98 Å². The number of hydrogen-bond acceptors (Lipinski definition) is 5. The van der Waals surface area contributed by atoms with Gasteiger partial charge in [-0.1, -0.05) is 23.2 Å². The average molecular weight is 419 g/mol. The van der Waals surface area contributed by atoms with Crippen LogP contribution in [0, 0.1) is 5.92 Å². The normalized spacial score (nSPS) is 13.5. The van der Waals surface area contributed by atoms with Crippen molar-refractivity contribution in [2.24, 2.45) is 5.92 Å². The second kappa shape index (κ2) is 8.14. The van der Waals surface area contributed by atoms with Crippen LogP contribution >= 0.6 is 23.2 Å². The molecule has 0 aliphatic heterocycles. The molecule has 0 bridgehead atoms. The molecule has 2 N–H and O–H groups in total. The molecule has 144 valence electrons. The Hall–Kier alpha value is -2.32. The van der Waals surface area contributed by atoms with E-state index in [0.29, 0.717) is 12.5 Å². The molecule has 1 aliphatic rings. The van der Waals surface area contributed by atoms with Crippen LogP contribution in [0.2, 0.25) is 10.0 Å². The molecule has 0 atom stereocenters. The Bertz CT molecular complexity index is 863. The summed E-state index contributed by atoms with van der Waals surface area (Å²) in [6, 6.07) is 3.80. The Labute approximate surface area is 163 Å². The van der Waals surface area contributed by atoms with E-state index in [4.69, 9.17) is 27.9 Å². The van der Waals surface area contributed by atoms with Crippen molar-refractivity contribution in [2.75, 3.05) is 11.9 Å². The van der Waals surface area contributed by atoms with Crippen molar-refractivity contribution in [3.8, 4) is 17.4 Å². The predicted octanol–water partition coefficient (Wildman–Crippen LogP) is 4.74. The molecule has 1 aromatic carbocycles. The molecule has 1 aliphatic carbocycles. The quantitative estimate of drug-likeness (QED) is 0.678. The highest BCUT2D eigenvalue weighted by atomic mass is 35.5. The zero-order chi connectivity index (χ0) is 19.6. The van der Waals surface area contributed by atoms with E-state index < -0.39 is 18.4 Å². The van der Waals surface area contributed by atoms with E-state index >= 15 is 0 Å². The number of aromatic hydroxyl groups is 1. The first kappa shape index (κ1) is 19.4. The second-order valence-electron chi connectivity index (χ2n) is 5.87. The minimum Gasteiger partial charge on any atom is -0.492 e. The van der Waals surface area contributed by atoms with Gasteiger partial charge in [0.05, 0.1) is 23.5 Å². The molecule has 1 fully saturated rings. The van der Waals surface area contributed by atoms with Crippen molar-refractivity contribution in [3.05, 3.63) is 40.0 Å². The molecule has 3 rings (SSSR count). The number of amides is 1. The van der Waals surface area contributed by atoms with Gasteiger partial charge in [0.2, 0.25) is 5.88 Å². The van der Waals surface area contributed by atoms with Crippen LogP contribution < -0.4 is 14.8 Å². The van der Waals surface area contributed by atoms with Crippen LogP contribution in [0.5, 0.6) is 17.4 Å². The molecule has 0 unspecified atom stereocenters. The molecule has 1 amide bonds. The number of pyridine rings is 1. The van der Waals surface area contributed by atoms with E-state index in [1.54, 1.807) is 0 Å². The minimum absolute atomic E-state index is 0.0222. The van der Waals surface area contributed by atoms with Crippen LogP contribution in [0.1, 0.15) is 23.2 Å². The molecule has 1 aromatic heterocycles. The highest BCUT2D eigenvalue weighted by Crippen LogP contribution is 2.37. The van der Waals surface area contributed by atoms with Crippen LogP contribution in [0.15, 0.2) is 24.4 Å². The summed E-state index contributed by atoms with van der Waals surface area (Å²) in [6.45, 7) is -2.68. The number of nitrogens with zero attached hydrogens (tertiary/aromatic N) is 1. The third-order valence-electron chi connectivity index (χ3n) is 3.79. The van der Waals surface area contributed by atoms with Crippen molar-refractivity contribution in [1.82, 2.24) is 4.98 Å². The maximum Gasteiger partial charge on any atom is 0.387 e. The summed E-state index contributed by atoms with van der Waals surface area (Å²) in [4.78, 5) is 16.0. The zero-order valence-electron chi connectivity index (χ0n) is 13.7. The van der Waals surface area contributed by atoms with E-state index in [2.05, 4.69) is 15.0 Å². The van der Waals surface area contributed by atoms with Crippen LogP contribution in [-0.4, -0.2) is 29.2 Å². The second-order valence-corrected chi connectivity index (χ2v) is 6.65. The van der Waals surface area contributed by atoms with Gasteiger partial charge in [0, 0.05) is 5.56 Å². The van der Waals surface area contributed by atoms with E-state index in [1.165, 1.54) is 18.2 Å². The number of carbonyl (C=O) groups is 1. The van der Waals surface area contributed by atoms with Crippen LogP contribution in [-0.2, 0) is 0 Å². The standard InChI is InChI=1S/C17H14Cl2F2N2O4/c18-10-6-22-16(25)13(19)14(10)23-15(24)9-3-4-11(27-17(20)21)12(5-9)26-7-8-1-2-8/h3-6,8,17H,1-2,7H2,(H2,22,23,24,25). The lowest BCUT2D eigenvalue weighted by molar-refractivity contribution is -0.0515. The lowest BCUT2D eigenvalue weighted by atomic mass is 10.2. The summed E-state index contributed by atoms with van der Waals surface area (Å²) in [5, 5.41) is 11.8. The number of ether oxygens (including phenoxy) is 2. The highest BCUT2D eigenvalue weighted by Gasteiger charge is 2.24. The lowest BCUT2D eigenvalue weighted by Gasteiger charge is -2.14. The molecule has 27 heavy (non-hydrogen) atoms. The van der Waals surface area contributed by atoms with Crippen molar-refractivity contribution in [1.29, 1.82) is 0 Å². The molecule has 1 heterocycles. The van der Waals surface area contributed by atoms with Crippen LogP contribution in [0.3, 0.4) is 0 Å². The molecule has 0 saturated heterocycles. The first-order valence-electron chi connectivity index (χ1n) is 7.91. The van der Waals surface area contributed by atoms with Crippen LogP contribution in [0.4, 0.5) is 14.5 Å². The maximum absolute atomic E-state index is 12.6. The number of aromatic nitrogens is 1. The third-order valence-corrected chi connectivity index (χ3v) is 4.43. The number of rotatable bonds is 7. The summed E-state index contributed by atoms with van der Waals surface area (Å²) in [6.07, 6.45) is 3.14. The summed E-state index contributed by atoms with van der Waals surface area (Å²) < 4.78 is 35.1. The summed E-state index contributed by atoms with van der Waals surface area (Å²) in [5.41, 5.74) is 0.0787. The highest BCUT2D eigenvalue weighted by molar-refractivity contribution is 6.40. The molecule has 0 spiro atoms. The van der Waals surface area contributed by atoms with Gasteiger partial charge in [-0.3, -0.25) is 4.79 Å². The van der Waals surface area contributed by atoms with Crippen molar-refractivity contribution < 1.29 is 28.2 Å². The van der Waals surface area contributed by atoms with E-state index in [9.17, 15) is 18.7 Å². The third kappa shape index (κ3) is 4.90. The number of nitrogens with one attached hydrogen (secondary N) is 1. The van der Waals surface area contributed by atoms with E-state index in [1.807, 2.05) is 0 Å². The van der Waals surface area contributed by atoms with Gasteiger partial charge in [0.1, 0.15) is 5.02 Å². The molecular weight excluding hydrogens is 405 g/mol. The summed E-state index contributed by atoms with van der Waals surface area (Å²) in [7, 11) is 0. The first-order valence-corrected chi connectivity index (χ1v) is 8.66. The Morgan fingerprint density at radius 1 is 1.33 bits per heavy atom. The molecule has 0 radical (unpaired) electrons. The minimum atomic E-state index is -3.02. The van der Waals surface area contributed by atoms with E-state index in [0.717, 1.165) is 19.0 Å². The fourth-order valence-electron chi connectivity index (χ4n) is 2.20. The SMILES string of the molecule is O=C(Nc1c(Cl)cnc(O)c1Cl)c1ccc(OC(F)F)c(OCC2CC2)c1. The van der Waals surface area contributed by atoms with E-state index in [-0.39, 0.29) is 32.8 Å². The molecular formula is C17H14Cl2F2N2O4. The van der Waals surface area contributed by atoms with Gasteiger partial charge >= 0.3 is 6.61 Å². The fraction of sp³-hybridized carbons (Fsp3) is 0.294. The number of hydrogen-bond donors (Lipinski definition) is 2. The number of alkyl halides is 2. The van der Waals surface area contributed by atoms with Gasteiger partial charge in [-0.2, -0.15) is 8.78 Å². The molecule has 2 aromatic rings. The number of halogens is 4.